The van der Waals surface area contributed by atoms with Gasteiger partial charge in [-0.2, -0.15) is 0 Å². The molecular weight excluding hydrogens is 671 g/mol. The van der Waals surface area contributed by atoms with Crippen molar-refractivity contribution in [2.24, 2.45) is 22.9 Å². The van der Waals surface area contributed by atoms with Crippen LogP contribution in [0.5, 0.6) is 0 Å². The number of nitrogens with one attached hydrogen (secondary N) is 1. The van der Waals surface area contributed by atoms with Crippen LogP contribution in [0.15, 0.2) is 41.5 Å². The van der Waals surface area contributed by atoms with E-state index in [9.17, 15) is 24.3 Å². The molecule has 0 aliphatic rings. The number of carbonyl (C=O) groups excluding carboxylic acids is 3. The van der Waals surface area contributed by atoms with Crippen LogP contribution in [0.25, 0.3) is 0 Å². The first-order valence-electron chi connectivity index (χ1n) is 17.7. The van der Waals surface area contributed by atoms with Crippen molar-refractivity contribution in [2.45, 2.75) is 118 Å². The third-order valence-electron chi connectivity index (χ3n) is 8.64. The minimum absolute atomic E-state index is 0.0268. The van der Waals surface area contributed by atoms with Crippen molar-refractivity contribution < 1.29 is 29.0 Å². The smallest absolute Gasteiger partial charge is 0.309 e. The predicted octanol–water partition coefficient (Wildman–Crippen LogP) is 5.38. The number of benzene rings is 1. The minimum Gasteiger partial charge on any atom is -0.481 e. The van der Waals surface area contributed by atoms with Gasteiger partial charge in [-0.05, 0) is 76.0 Å². The van der Waals surface area contributed by atoms with Crippen LogP contribution in [0, 0.1) is 11.3 Å². The van der Waals surface area contributed by atoms with Gasteiger partial charge in [-0.1, -0.05) is 39.3 Å². The van der Waals surface area contributed by atoms with E-state index in [0.717, 1.165) is 31.2 Å². The number of carboxylic acid groups (broad SMARTS) is 1. The number of esters is 1. The first-order chi connectivity index (χ1) is 23.9. The van der Waals surface area contributed by atoms with Gasteiger partial charge in [0.2, 0.25) is 5.91 Å². The molecule has 0 aliphatic heterocycles. The molecule has 8 N–H and O–H groups in total. The molecule has 13 nitrogen and oxygen atoms in total. The average molecular weight is 730 g/mol. The molecule has 0 radical (unpaired) electrons. The van der Waals surface area contributed by atoms with Crippen molar-refractivity contribution >= 4 is 40.8 Å². The largest absolute Gasteiger partial charge is 0.481 e. The number of carbonyl (C=O) groups is 4. The summed E-state index contributed by atoms with van der Waals surface area (Å²) in [5.74, 6) is 3.80. The van der Waals surface area contributed by atoms with E-state index in [4.69, 9.17) is 22.0 Å². The molecule has 1 aromatic carbocycles. The molecule has 0 aliphatic carbocycles. The van der Waals surface area contributed by atoms with Crippen molar-refractivity contribution in [3.05, 3.63) is 57.8 Å². The van der Waals surface area contributed by atoms with E-state index >= 15 is 0 Å². The van der Waals surface area contributed by atoms with Crippen LogP contribution >= 0.6 is 11.3 Å². The Hall–Kier alpha value is -4.17. The lowest BCUT2D eigenvalue weighted by Crippen LogP contribution is -2.45. The van der Waals surface area contributed by atoms with Crippen molar-refractivity contribution in [1.29, 1.82) is 0 Å². The Morgan fingerprint density at radius 1 is 1.10 bits per heavy atom. The summed E-state index contributed by atoms with van der Waals surface area (Å²) >= 11 is 1.20. The second-order valence-electron chi connectivity index (χ2n) is 14.2. The topological polar surface area (TPSA) is 207 Å². The number of anilines is 1. The molecule has 284 valence electrons. The molecule has 1 aromatic heterocycles. The molecule has 2 amide bonds. The maximum absolute atomic E-state index is 13.6. The van der Waals surface area contributed by atoms with Gasteiger partial charge in [0.15, 0.2) is 6.10 Å². The minimum atomic E-state index is -1.10. The number of thiazole rings is 1. The number of aromatic nitrogens is 1. The predicted molar refractivity (Wildman–Crippen MR) is 201 cm³/mol. The zero-order valence-corrected chi connectivity index (χ0v) is 32.1. The highest BCUT2D eigenvalue weighted by Gasteiger charge is 2.34. The molecule has 3 atom stereocenters. The van der Waals surface area contributed by atoms with Crippen LogP contribution in [0.1, 0.15) is 120 Å². The van der Waals surface area contributed by atoms with Crippen LogP contribution in [0.2, 0.25) is 0 Å². The molecule has 3 unspecified atom stereocenters. The fourth-order valence-electron chi connectivity index (χ4n) is 5.88. The van der Waals surface area contributed by atoms with Crippen LogP contribution in [-0.4, -0.2) is 69.4 Å². The van der Waals surface area contributed by atoms with Gasteiger partial charge in [-0.25, -0.2) is 10.8 Å². The summed E-state index contributed by atoms with van der Waals surface area (Å²) in [4.78, 5) is 58.0. The lowest BCUT2D eigenvalue weighted by molar-refractivity contribution is -0.149. The van der Waals surface area contributed by atoms with Gasteiger partial charge in [0, 0.05) is 68.4 Å². The number of hydrazine groups is 1. The molecule has 51 heavy (non-hydrogen) atoms. The summed E-state index contributed by atoms with van der Waals surface area (Å²) in [6.45, 7) is 11.2. The number of hydrogen-bond acceptors (Lipinski definition) is 11. The van der Waals surface area contributed by atoms with Gasteiger partial charge in [0.05, 0.1) is 5.41 Å². The molecule has 0 fully saturated rings. The number of rotatable bonds is 22. The van der Waals surface area contributed by atoms with Gasteiger partial charge in [0.1, 0.15) is 10.7 Å². The van der Waals surface area contributed by atoms with E-state index in [2.05, 4.69) is 10.3 Å². The molecular formula is C37H59N7O6S. The highest BCUT2D eigenvalue weighted by atomic mass is 32.1. The second kappa shape index (κ2) is 20.6. The normalized spacial score (nSPS) is 13.7. The van der Waals surface area contributed by atoms with Gasteiger partial charge in [-0.15, -0.1) is 11.3 Å². The number of nitrogens with two attached hydrogens (primary N) is 3. The van der Waals surface area contributed by atoms with Crippen LogP contribution in [-0.2, 0) is 25.5 Å². The van der Waals surface area contributed by atoms with Crippen molar-refractivity contribution in [3.8, 4) is 0 Å². The molecule has 0 spiro atoms. The highest BCUT2D eigenvalue weighted by molar-refractivity contribution is 7.09. The van der Waals surface area contributed by atoms with Gasteiger partial charge >= 0.3 is 11.9 Å². The molecule has 1 heterocycles. The lowest BCUT2D eigenvalue weighted by atomic mass is 9.84. The quantitative estimate of drug-likeness (QED) is 0.0342. The van der Waals surface area contributed by atoms with E-state index < -0.39 is 35.4 Å². The first-order valence-corrected chi connectivity index (χ1v) is 18.6. The molecule has 14 heteroatoms. The summed E-state index contributed by atoms with van der Waals surface area (Å²) < 4.78 is 5.80. The highest BCUT2D eigenvalue weighted by Crippen LogP contribution is 2.32. The molecule has 2 rings (SSSR count). The third kappa shape index (κ3) is 14.9. The van der Waals surface area contributed by atoms with E-state index in [-0.39, 0.29) is 30.0 Å². The van der Waals surface area contributed by atoms with Crippen molar-refractivity contribution in [2.75, 3.05) is 19.3 Å². The fraction of sp³-hybridized carbons (Fsp3) is 0.595. The summed E-state index contributed by atoms with van der Waals surface area (Å²) in [5, 5.41) is 16.2. The zero-order chi connectivity index (χ0) is 38.3. The third-order valence-corrected chi connectivity index (χ3v) is 9.58. The fourth-order valence-corrected chi connectivity index (χ4v) is 6.72. The number of allylic oxidation sites excluding steroid dienone is 1. The number of unbranched alkanes of at least 4 members (excludes halogenated alkanes) is 2. The Kier molecular flexibility index (Phi) is 17.4. The summed E-state index contributed by atoms with van der Waals surface area (Å²) in [7, 11) is 1.70. The number of carboxylic acids is 1. The monoisotopic (exact) mass is 729 g/mol. The Balaban J connectivity index is 2.33. The van der Waals surface area contributed by atoms with Gasteiger partial charge in [-0.3, -0.25) is 19.2 Å². The van der Waals surface area contributed by atoms with Gasteiger partial charge < -0.3 is 36.5 Å². The van der Waals surface area contributed by atoms with E-state index in [0.29, 0.717) is 48.6 Å². The number of ether oxygens (including phenoxy) is 1. The number of nitrogen functional groups attached to an aromatic ring is 1. The maximum atomic E-state index is 13.6. The Morgan fingerprint density at radius 2 is 1.76 bits per heavy atom. The summed E-state index contributed by atoms with van der Waals surface area (Å²) in [5.41, 5.74) is 13.1. The molecule has 2 aromatic rings. The van der Waals surface area contributed by atoms with Gasteiger partial charge in [0.25, 0.3) is 5.91 Å². The number of hydrogen-bond donors (Lipinski definition) is 5. The van der Waals surface area contributed by atoms with Crippen molar-refractivity contribution in [3.63, 3.8) is 0 Å². The number of nitrogens with zero attached hydrogens (tertiary/aromatic N) is 3. The second-order valence-corrected chi connectivity index (χ2v) is 15.1. The number of aliphatic carboxylic acids is 1. The lowest BCUT2D eigenvalue weighted by Gasteiger charge is -2.36. The Labute approximate surface area is 306 Å². The van der Waals surface area contributed by atoms with Crippen LogP contribution in [0.3, 0.4) is 0 Å². The van der Waals surface area contributed by atoms with E-state index in [1.54, 1.807) is 44.6 Å². The van der Waals surface area contributed by atoms with E-state index in [1.807, 2.05) is 37.8 Å². The van der Waals surface area contributed by atoms with Crippen LogP contribution in [0.4, 0.5) is 5.69 Å². The Morgan fingerprint density at radius 3 is 2.33 bits per heavy atom. The number of amides is 2. The SMILES string of the molecule is CCCCC(=O)N(CCCC/C(N)=C/N(C)N)C(CC(OC(C)=O)c1nc(C(=O)NC(Cc2ccc(N)cc2)CC(C)(C)C(=O)O)cs1)C(C)C. The molecule has 0 bridgehead atoms. The average Bonchev–Trinajstić information content (AvgIpc) is 3.53. The Bertz CT molecular complexity index is 1460. The maximum Gasteiger partial charge on any atom is 0.309 e. The zero-order valence-electron chi connectivity index (χ0n) is 31.3. The summed E-state index contributed by atoms with van der Waals surface area (Å²) in [6.07, 6.45) is 5.93. The van der Waals surface area contributed by atoms with Crippen LogP contribution < -0.4 is 22.6 Å². The molecule has 0 saturated carbocycles. The first kappa shape index (κ1) is 43.0. The molecule has 0 saturated heterocycles. The van der Waals surface area contributed by atoms with E-state index in [1.165, 1.54) is 23.3 Å². The standard InChI is InChI=1S/C37H59N7O6S/c1-8-9-13-33(46)44(18-11-10-12-28(39)22-43(7)40)31(24(2)3)20-32(50-25(4)45)35-42-30(23-51-35)34(47)41-29(21-37(5,6)36(48)49)19-26-14-16-27(38)17-15-26/h14-17,22-24,29,31-32H,8-13,18-21,38-40H2,1-7H3,(H,41,47)(H,48,49)/b28-22-. The summed E-state index contributed by atoms with van der Waals surface area (Å²) in [6, 6.07) is 6.43. The van der Waals surface area contributed by atoms with Crippen molar-refractivity contribution in [1.82, 2.24) is 20.2 Å².